The fourth-order valence-corrected chi connectivity index (χ4v) is 4.90. The van der Waals surface area contributed by atoms with E-state index in [1.807, 2.05) is 24.5 Å². The van der Waals surface area contributed by atoms with Crippen LogP contribution in [0.3, 0.4) is 0 Å². The molecule has 0 bridgehead atoms. The van der Waals surface area contributed by atoms with Gasteiger partial charge in [0.25, 0.3) is 0 Å². The van der Waals surface area contributed by atoms with E-state index in [1.165, 1.54) is 16.5 Å². The molecule has 28 heavy (non-hydrogen) atoms. The molecule has 0 saturated heterocycles. The van der Waals surface area contributed by atoms with Crippen molar-refractivity contribution in [1.82, 2.24) is 15.0 Å². The number of rotatable bonds is 1. The van der Waals surface area contributed by atoms with Crippen LogP contribution >= 0.6 is 15.9 Å². The van der Waals surface area contributed by atoms with Crippen molar-refractivity contribution in [3.05, 3.63) is 76.2 Å². The zero-order valence-electron chi connectivity index (χ0n) is 15.1. The van der Waals surface area contributed by atoms with E-state index >= 15 is 0 Å². The van der Waals surface area contributed by atoms with Crippen molar-refractivity contribution in [1.29, 1.82) is 0 Å². The van der Waals surface area contributed by atoms with Gasteiger partial charge in [0.2, 0.25) is 0 Å². The summed E-state index contributed by atoms with van der Waals surface area (Å²) in [5.41, 5.74) is 8.75. The van der Waals surface area contributed by atoms with Gasteiger partial charge in [0.15, 0.2) is 0 Å². The molecule has 3 aromatic heterocycles. The fraction of sp³-hybridized carbons (Fsp3) is 0.0870. The molecule has 6 rings (SSSR count). The fourth-order valence-electron chi connectivity index (χ4n) is 4.32. The number of aromatic nitrogens is 3. The largest absolute Gasteiger partial charge is 0.360 e. The zero-order chi connectivity index (χ0) is 18.8. The quantitative estimate of drug-likeness (QED) is 0.333. The smallest absolute Gasteiger partial charge is 0.0986 e. The molecule has 0 saturated carbocycles. The van der Waals surface area contributed by atoms with E-state index in [-0.39, 0.29) is 0 Å². The van der Waals surface area contributed by atoms with Crippen molar-refractivity contribution in [2.75, 3.05) is 0 Å². The van der Waals surface area contributed by atoms with Gasteiger partial charge in [-0.05, 0) is 48.4 Å². The van der Waals surface area contributed by atoms with E-state index < -0.39 is 0 Å². The van der Waals surface area contributed by atoms with Crippen molar-refractivity contribution in [3.8, 4) is 0 Å². The summed E-state index contributed by atoms with van der Waals surface area (Å²) in [7, 11) is 0. The molecule has 1 N–H and O–H groups in total. The molecule has 4 heterocycles. The van der Waals surface area contributed by atoms with E-state index in [9.17, 15) is 0 Å². The molecule has 0 aliphatic carbocycles. The van der Waals surface area contributed by atoms with E-state index in [1.54, 1.807) is 0 Å². The third-order valence-electron chi connectivity index (χ3n) is 5.56. The van der Waals surface area contributed by atoms with Crippen molar-refractivity contribution in [3.63, 3.8) is 0 Å². The van der Waals surface area contributed by atoms with E-state index in [2.05, 4.69) is 68.3 Å². The first kappa shape index (κ1) is 16.0. The Morgan fingerprint density at radius 2 is 1.71 bits per heavy atom. The first-order valence-corrected chi connectivity index (χ1v) is 9.99. The highest BCUT2D eigenvalue weighted by atomic mass is 79.9. The maximum atomic E-state index is 5.10. The number of fused-ring (bicyclic) bond motifs is 7. The molecular weight excluding hydrogens is 412 g/mol. The lowest BCUT2D eigenvalue weighted by Gasteiger charge is -2.08. The maximum Gasteiger partial charge on any atom is 0.0986 e. The third-order valence-corrected chi connectivity index (χ3v) is 6.02. The number of hydrogen-bond donors (Lipinski definition) is 1. The molecule has 0 fully saturated rings. The molecule has 5 aromatic rings. The Labute approximate surface area is 169 Å². The van der Waals surface area contributed by atoms with Crippen LogP contribution in [0.1, 0.15) is 16.7 Å². The van der Waals surface area contributed by atoms with Gasteiger partial charge in [0.05, 0.1) is 22.4 Å². The number of pyridine rings is 2. The molecule has 0 amide bonds. The Morgan fingerprint density at radius 3 is 2.54 bits per heavy atom. The van der Waals surface area contributed by atoms with Crippen molar-refractivity contribution in [2.24, 2.45) is 4.99 Å². The van der Waals surface area contributed by atoms with Gasteiger partial charge in [-0.15, -0.1) is 0 Å². The van der Waals surface area contributed by atoms with Crippen LogP contribution in [0, 0.1) is 6.92 Å². The number of hydrogen-bond acceptors (Lipinski definition) is 3. The minimum atomic E-state index is 0.793. The second-order valence-electron chi connectivity index (χ2n) is 7.21. The molecule has 5 heteroatoms. The molecular formula is C23H15BrN4. The SMILES string of the molecule is Cc1cc(Br)cc2c(C3=Nc4c(c5cccnc5c5ncccc45)C3)c[nH]c12. The van der Waals surface area contributed by atoms with Crippen molar-refractivity contribution in [2.45, 2.75) is 13.3 Å². The van der Waals surface area contributed by atoms with Gasteiger partial charge in [-0.3, -0.25) is 15.0 Å². The monoisotopic (exact) mass is 426 g/mol. The number of halogens is 1. The van der Waals surface area contributed by atoms with Crippen LogP contribution in [-0.4, -0.2) is 20.7 Å². The average Bonchev–Trinajstić information content (AvgIpc) is 3.33. The summed E-state index contributed by atoms with van der Waals surface area (Å²) < 4.78 is 1.08. The van der Waals surface area contributed by atoms with Crippen LogP contribution in [-0.2, 0) is 6.42 Å². The Hall–Kier alpha value is -3.05. The lowest BCUT2D eigenvalue weighted by Crippen LogP contribution is -2.00. The normalized spacial score (nSPS) is 13.4. The lowest BCUT2D eigenvalue weighted by molar-refractivity contribution is 1.35. The number of nitrogens with zero attached hydrogens (tertiary/aromatic N) is 3. The van der Waals surface area contributed by atoms with E-state index in [0.29, 0.717) is 0 Å². The number of H-pyrrole nitrogens is 1. The topological polar surface area (TPSA) is 53.9 Å². The summed E-state index contributed by atoms with van der Waals surface area (Å²) >= 11 is 3.63. The van der Waals surface area contributed by atoms with Gasteiger partial charge in [0.1, 0.15) is 0 Å². The number of nitrogens with one attached hydrogen (secondary N) is 1. The molecule has 1 aliphatic heterocycles. The second kappa shape index (κ2) is 5.72. The van der Waals surface area contributed by atoms with Crippen molar-refractivity contribution < 1.29 is 0 Å². The average molecular weight is 427 g/mol. The lowest BCUT2D eigenvalue weighted by atomic mass is 9.97. The number of aliphatic imine (C=N–C) groups is 1. The molecule has 2 aromatic carbocycles. The van der Waals surface area contributed by atoms with Gasteiger partial charge >= 0.3 is 0 Å². The minimum Gasteiger partial charge on any atom is -0.360 e. The van der Waals surface area contributed by atoms with Crippen LogP contribution in [0.4, 0.5) is 5.69 Å². The van der Waals surface area contributed by atoms with Gasteiger partial charge < -0.3 is 4.98 Å². The molecule has 0 spiro atoms. The standard InChI is InChI=1S/C23H15BrN4/c1-12-8-13(24)9-16-18(11-27-20(12)16)19-10-17-14-4-2-6-25-22(14)23-15(21(17)28-19)5-3-7-26-23/h2-9,11,27H,10H2,1H3. The van der Waals surface area contributed by atoms with Crippen LogP contribution in [0.2, 0.25) is 0 Å². The zero-order valence-corrected chi connectivity index (χ0v) is 16.7. The molecule has 0 unspecified atom stereocenters. The summed E-state index contributed by atoms with van der Waals surface area (Å²) in [5.74, 6) is 0. The minimum absolute atomic E-state index is 0.793. The predicted molar refractivity (Wildman–Crippen MR) is 118 cm³/mol. The van der Waals surface area contributed by atoms with Gasteiger partial charge in [-0.25, -0.2) is 0 Å². The first-order chi connectivity index (χ1) is 13.7. The van der Waals surface area contributed by atoms with Crippen LogP contribution in [0.15, 0.2) is 64.5 Å². The highest BCUT2D eigenvalue weighted by molar-refractivity contribution is 9.10. The Balaban J connectivity index is 1.64. The van der Waals surface area contributed by atoms with Crippen molar-refractivity contribution >= 4 is 60.0 Å². The summed E-state index contributed by atoms with van der Waals surface area (Å²) in [6, 6.07) is 12.5. The highest BCUT2D eigenvalue weighted by Crippen LogP contribution is 2.41. The van der Waals surface area contributed by atoms with Gasteiger partial charge in [-0.1, -0.05) is 22.0 Å². The summed E-state index contributed by atoms with van der Waals surface area (Å²) in [4.78, 5) is 17.8. The first-order valence-electron chi connectivity index (χ1n) is 9.20. The summed E-state index contributed by atoms with van der Waals surface area (Å²) in [6.07, 6.45) is 6.53. The number of benzene rings is 2. The predicted octanol–water partition coefficient (Wildman–Crippen LogP) is 6.01. The molecule has 4 nitrogen and oxygen atoms in total. The van der Waals surface area contributed by atoms with Crippen LogP contribution < -0.4 is 0 Å². The van der Waals surface area contributed by atoms with E-state index in [4.69, 9.17) is 4.99 Å². The number of aromatic amines is 1. The highest BCUT2D eigenvalue weighted by Gasteiger charge is 2.24. The van der Waals surface area contributed by atoms with Crippen LogP contribution in [0.25, 0.3) is 32.7 Å². The number of aryl methyl sites for hydroxylation is 1. The summed E-state index contributed by atoms with van der Waals surface area (Å²) in [6.45, 7) is 2.12. The summed E-state index contributed by atoms with van der Waals surface area (Å²) in [5, 5.41) is 3.40. The van der Waals surface area contributed by atoms with Crippen LogP contribution in [0.5, 0.6) is 0 Å². The molecule has 0 radical (unpaired) electrons. The van der Waals surface area contributed by atoms with E-state index in [0.717, 1.165) is 55.2 Å². The Morgan fingerprint density at radius 1 is 0.964 bits per heavy atom. The Kier molecular flexibility index (Phi) is 3.26. The van der Waals surface area contributed by atoms with Gasteiger partial charge in [0, 0.05) is 56.7 Å². The maximum absolute atomic E-state index is 5.10. The Bertz CT molecular complexity index is 1460. The molecule has 134 valence electrons. The molecule has 0 atom stereocenters. The third kappa shape index (κ3) is 2.14. The second-order valence-corrected chi connectivity index (χ2v) is 8.12. The van der Waals surface area contributed by atoms with Gasteiger partial charge in [-0.2, -0.15) is 0 Å². The molecule has 1 aliphatic rings.